The lowest BCUT2D eigenvalue weighted by molar-refractivity contribution is 0.294. The molecular formula is C56H50N2. The molecular weight excluding hydrogens is 701 g/mol. The van der Waals surface area contributed by atoms with Gasteiger partial charge in [-0.05, 0) is 122 Å². The third kappa shape index (κ3) is 6.19. The highest BCUT2D eigenvalue weighted by Crippen LogP contribution is 2.43. The highest BCUT2D eigenvalue weighted by molar-refractivity contribution is 6.14. The molecule has 7 aromatic carbocycles. The fraction of sp³-hybridized carbons (Fsp3) is 0.179. The topological polar surface area (TPSA) is 9.86 Å². The molecule has 1 atom stereocenters. The van der Waals surface area contributed by atoms with E-state index in [0.717, 1.165) is 6.42 Å². The first kappa shape index (κ1) is 36.0. The summed E-state index contributed by atoms with van der Waals surface area (Å²) in [6, 6.07) is 58.8. The van der Waals surface area contributed by atoms with Crippen molar-refractivity contribution in [1.29, 1.82) is 0 Å². The molecule has 0 bridgehead atoms. The van der Waals surface area contributed by atoms with Gasteiger partial charge in [-0.25, -0.2) is 0 Å². The third-order valence-corrected chi connectivity index (χ3v) is 12.5. The Hall–Kier alpha value is -6.38. The Balaban J connectivity index is 1.15. The number of rotatable bonds is 5. The van der Waals surface area contributed by atoms with Crippen molar-refractivity contribution in [3.8, 4) is 39.3 Å². The van der Waals surface area contributed by atoms with Crippen molar-refractivity contribution in [1.82, 2.24) is 9.13 Å². The average molecular weight is 751 g/mol. The second kappa shape index (κ2) is 13.6. The minimum absolute atomic E-state index is 0.0953. The van der Waals surface area contributed by atoms with Gasteiger partial charge in [0.05, 0.1) is 22.4 Å². The van der Waals surface area contributed by atoms with Crippen LogP contribution in [0.1, 0.15) is 53.5 Å². The Morgan fingerprint density at radius 2 is 1.16 bits per heavy atom. The first-order valence-corrected chi connectivity index (χ1v) is 20.8. The van der Waals surface area contributed by atoms with Gasteiger partial charge in [0.1, 0.15) is 0 Å². The monoisotopic (exact) mass is 750 g/mol. The summed E-state index contributed by atoms with van der Waals surface area (Å²) in [6.07, 6.45) is 8.28. The van der Waals surface area contributed by atoms with E-state index in [-0.39, 0.29) is 10.8 Å². The van der Waals surface area contributed by atoms with Crippen LogP contribution in [0.4, 0.5) is 0 Å². The number of hydrogen-bond acceptors (Lipinski definition) is 0. The van der Waals surface area contributed by atoms with Crippen molar-refractivity contribution >= 4 is 49.0 Å². The summed E-state index contributed by atoms with van der Waals surface area (Å²) in [5.41, 5.74) is 13.7. The van der Waals surface area contributed by atoms with Gasteiger partial charge in [-0.2, -0.15) is 0 Å². The number of fused-ring (bicyclic) bond motifs is 5. The van der Waals surface area contributed by atoms with Gasteiger partial charge < -0.3 is 9.13 Å². The van der Waals surface area contributed by atoms with Crippen LogP contribution in [0.25, 0.3) is 88.4 Å². The fourth-order valence-electron chi connectivity index (χ4n) is 9.15. The molecule has 0 fully saturated rings. The first-order chi connectivity index (χ1) is 28.0. The van der Waals surface area contributed by atoms with Crippen LogP contribution in [0.3, 0.4) is 0 Å². The summed E-state index contributed by atoms with van der Waals surface area (Å²) in [5.74, 6) is 0.495. The maximum atomic E-state index is 2.52. The molecule has 1 aliphatic rings. The molecule has 2 aromatic heterocycles. The van der Waals surface area contributed by atoms with Crippen LogP contribution < -0.4 is 0 Å². The van der Waals surface area contributed by atoms with E-state index in [1.54, 1.807) is 0 Å². The maximum Gasteiger partial charge on any atom is 0.0547 e. The van der Waals surface area contributed by atoms with Crippen molar-refractivity contribution in [2.24, 2.45) is 11.3 Å². The van der Waals surface area contributed by atoms with Gasteiger partial charge >= 0.3 is 0 Å². The molecule has 0 saturated heterocycles. The molecule has 0 N–H and O–H groups in total. The lowest BCUT2D eigenvalue weighted by Gasteiger charge is -2.30. The molecule has 0 aliphatic heterocycles. The molecule has 2 nitrogen and oxygen atoms in total. The van der Waals surface area contributed by atoms with E-state index in [1.807, 2.05) is 0 Å². The Kier molecular flexibility index (Phi) is 8.46. The average Bonchev–Trinajstić information content (AvgIpc) is 3.82. The maximum absolute atomic E-state index is 2.52. The summed E-state index contributed by atoms with van der Waals surface area (Å²) < 4.78 is 4.94. The van der Waals surface area contributed by atoms with Gasteiger partial charge in [0.15, 0.2) is 0 Å². The van der Waals surface area contributed by atoms with Gasteiger partial charge in [-0.1, -0.05) is 163 Å². The number of nitrogens with zero attached hydrogens (tertiary/aromatic N) is 2. The van der Waals surface area contributed by atoms with Gasteiger partial charge in [-0.15, -0.1) is 0 Å². The van der Waals surface area contributed by atoms with Crippen LogP contribution in [0, 0.1) is 11.3 Å². The van der Waals surface area contributed by atoms with E-state index in [9.17, 15) is 0 Å². The van der Waals surface area contributed by atoms with Crippen molar-refractivity contribution < 1.29 is 0 Å². The Morgan fingerprint density at radius 1 is 0.483 bits per heavy atom. The van der Waals surface area contributed by atoms with E-state index in [1.165, 1.54) is 93.9 Å². The number of allylic oxidation sites excluding steroid dienone is 4. The van der Waals surface area contributed by atoms with E-state index in [2.05, 4.69) is 227 Å². The van der Waals surface area contributed by atoms with Gasteiger partial charge in [0, 0.05) is 27.7 Å². The van der Waals surface area contributed by atoms with Crippen LogP contribution in [-0.4, -0.2) is 9.13 Å². The third-order valence-electron chi connectivity index (χ3n) is 12.5. The minimum Gasteiger partial charge on any atom is -0.310 e. The van der Waals surface area contributed by atoms with Crippen LogP contribution >= 0.6 is 0 Å². The van der Waals surface area contributed by atoms with Crippen molar-refractivity contribution in [3.63, 3.8) is 0 Å². The summed E-state index contributed by atoms with van der Waals surface area (Å²) in [7, 11) is 0. The Morgan fingerprint density at radius 3 is 1.88 bits per heavy atom. The lowest BCUT2D eigenvalue weighted by Crippen LogP contribution is -2.19. The van der Waals surface area contributed by atoms with Crippen LogP contribution in [0.15, 0.2) is 176 Å². The molecule has 1 unspecified atom stereocenters. The van der Waals surface area contributed by atoms with Gasteiger partial charge in [0.25, 0.3) is 0 Å². The van der Waals surface area contributed by atoms with Crippen molar-refractivity contribution in [2.75, 3.05) is 0 Å². The second-order valence-electron chi connectivity index (χ2n) is 18.3. The predicted molar refractivity (Wildman–Crippen MR) is 250 cm³/mol. The van der Waals surface area contributed by atoms with Gasteiger partial charge in [-0.3, -0.25) is 0 Å². The molecule has 10 rings (SSSR count). The highest BCUT2D eigenvalue weighted by atomic mass is 15.0. The zero-order valence-electron chi connectivity index (χ0n) is 34.4. The summed E-state index contributed by atoms with van der Waals surface area (Å²) in [4.78, 5) is 0. The zero-order chi connectivity index (χ0) is 39.8. The van der Waals surface area contributed by atoms with E-state index in [4.69, 9.17) is 0 Å². The van der Waals surface area contributed by atoms with E-state index in [0.29, 0.717) is 5.92 Å². The van der Waals surface area contributed by atoms with E-state index < -0.39 is 0 Å². The molecule has 2 heterocycles. The summed E-state index contributed by atoms with van der Waals surface area (Å²) >= 11 is 0. The highest BCUT2D eigenvalue weighted by Gasteiger charge is 2.25. The lowest BCUT2D eigenvalue weighted by atomic mass is 9.77. The normalized spacial score (nSPS) is 14.9. The number of benzene rings is 7. The molecule has 0 saturated carbocycles. The molecule has 1 aliphatic carbocycles. The van der Waals surface area contributed by atoms with Crippen molar-refractivity contribution in [2.45, 2.75) is 53.4 Å². The smallest absolute Gasteiger partial charge is 0.0547 e. The molecule has 0 radical (unpaired) electrons. The Labute approximate surface area is 342 Å². The standard InChI is InChI=1S/C56H50N2/c1-55(2,3)43-23-27-45(28-24-43)57-51-31-22-38(32-42(51)36-52(57)37-14-8-7-9-15-37)39-20-21-41-35-54(58(53(41)34-39)46-29-25-44(26-30-46)56(4,5)6)50-33-40-16-10-11-17-47(40)48-18-12-13-19-49(48)50/h7-25,27-36,44H,26H2,1-6H3. The molecule has 0 spiro atoms. The number of aromatic nitrogens is 2. The zero-order valence-corrected chi connectivity index (χ0v) is 34.4. The van der Waals surface area contributed by atoms with Crippen LogP contribution in [0.2, 0.25) is 0 Å². The minimum atomic E-state index is 0.0953. The SMILES string of the molecule is CC(C)(C)c1ccc(-n2c(-c3ccccc3)cc3cc(-c4ccc5cc(-c6cc7ccccc7c7ccccc67)n(C6=CCC(C(C)(C)C)C=C6)c5c4)ccc32)cc1. The largest absolute Gasteiger partial charge is 0.310 e. The first-order valence-electron chi connectivity index (χ1n) is 20.8. The van der Waals surface area contributed by atoms with Crippen LogP contribution in [0.5, 0.6) is 0 Å². The predicted octanol–water partition coefficient (Wildman–Crippen LogP) is 15.7. The van der Waals surface area contributed by atoms with Crippen molar-refractivity contribution in [3.05, 3.63) is 182 Å². The summed E-state index contributed by atoms with van der Waals surface area (Å²) in [5, 5.41) is 7.57. The molecule has 2 heteroatoms. The van der Waals surface area contributed by atoms with Gasteiger partial charge in [0.2, 0.25) is 0 Å². The Bertz CT molecular complexity index is 3080. The fourth-order valence-corrected chi connectivity index (χ4v) is 9.15. The van der Waals surface area contributed by atoms with Crippen LogP contribution in [-0.2, 0) is 5.41 Å². The van der Waals surface area contributed by atoms with E-state index >= 15 is 0 Å². The second-order valence-corrected chi connectivity index (χ2v) is 18.3. The summed E-state index contributed by atoms with van der Waals surface area (Å²) in [6.45, 7) is 13.9. The molecule has 58 heavy (non-hydrogen) atoms. The quantitative estimate of drug-likeness (QED) is 0.155. The molecule has 0 amide bonds. The molecule has 284 valence electrons. The number of hydrogen-bond donors (Lipinski definition) is 0. The molecule has 9 aromatic rings.